The molecule has 1 N–H and O–H groups in total. The lowest BCUT2D eigenvalue weighted by Gasteiger charge is -2.18. The fourth-order valence-corrected chi connectivity index (χ4v) is 1.64. The minimum atomic E-state index is -0.0478. The third kappa shape index (κ3) is 3.96. The molecule has 5 nitrogen and oxygen atoms in total. The van der Waals surface area contributed by atoms with Gasteiger partial charge < -0.3 is 10.2 Å². The van der Waals surface area contributed by atoms with Crippen molar-refractivity contribution < 1.29 is 4.79 Å². The summed E-state index contributed by atoms with van der Waals surface area (Å²) in [5.74, 6) is 1.70. The molecule has 1 heterocycles. The summed E-state index contributed by atoms with van der Waals surface area (Å²) in [6.07, 6.45) is 0. The summed E-state index contributed by atoms with van der Waals surface area (Å²) in [4.78, 5) is 21.8. The minimum Gasteiger partial charge on any atom is -0.358 e. The van der Waals surface area contributed by atoms with Crippen LogP contribution < -0.4 is 10.2 Å². The molecule has 0 spiro atoms. The number of likely N-dealkylation sites (N-methyl/N-ethyl adjacent to an activating group) is 2. The first kappa shape index (κ1) is 13.9. The fourth-order valence-electron chi connectivity index (χ4n) is 1.25. The van der Waals surface area contributed by atoms with Crippen molar-refractivity contribution in [3.63, 3.8) is 0 Å². The highest BCUT2D eigenvalue weighted by Gasteiger charge is 2.11. The van der Waals surface area contributed by atoms with Gasteiger partial charge in [-0.05, 0) is 15.9 Å². The molecule has 0 aliphatic heterocycles. The zero-order chi connectivity index (χ0) is 13.0. The molecule has 0 atom stereocenters. The van der Waals surface area contributed by atoms with Crippen LogP contribution in [0.3, 0.4) is 0 Å². The standard InChI is InChI=1S/C11H17BrN4O/c1-7(2)11-14-8(12)5-9(15-11)16(4)6-10(17)13-3/h5,7H,6H2,1-4H3,(H,13,17). The average molecular weight is 301 g/mol. The molecule has 0 fully saturated rings. The SMILES string of the molecule is CNC(=O)CN(C)c1cc(Br)nc(C(C)C)n1. The van der Waals surface area contributed by atoms with Gasteiger partial charge in [0.15, 0.2) is 0 Å². The van der Waals surface area contributed by atoms with Crippen molar-refractivity contribution in [3.05, 3.63) is 16.5 Å². The lowest BCUT2D eigenvalue weighted by atomic mass is 10.2. The number of hydrogen-bond acceptors (Lipinski definition) is 4. The van der Waals surface area contributed by atoms with Crippen LogP contribution in [0.15, 0.2) is 10.7 Å². The van der Waals surface area contributed by atoms with Gasteiger partial charge >= 0.3 is 0 Å². The summed E-state index contributed by atoms with van der Waals surface area (Å²) < 4.78 is 0.731. The van der Waals surface area contributed by atoms with Gasteiger partial charge in [0.05, 0.1) is 6.54 Å². The zero-order valence-corrected chi connectivity index (χ0v) is 12.1. The van der Waals surface area contributed by atoms with Crippen molar-refractivity contribution in [2.24, 2.45) is 0 Å². The Morgan fingerprint density at radius 2 is 2.18 bits per heavy atom. The van der Waals surface area contributed by atoms with Crippen molar-refractivity contribution >= 4 is 27.7 Å². The first-order chi connectivity index (χ1) is 7.93. The average Bonchev–Trinajstić information content (AvgIpc) is 2.27. The number of amides is 1. The molecular weight excluding hydrogens is 284 g/mol. The van der Waals surface area contributed by atoms with E-state index in [4.69, 9.17) is 0 Å². The van der Waals surface area contributed by atoms with E-state index in [0.717, 1.165) is 16.2 Å². The molecule has 0 aliphatic rings. The molecule has 0 radical (unpaired) electrons. The Labute approximate surface area is 110 Å². The second kappa shape index (κ2) is 5.95. The number of hydrogen-bond donors (Lipinski definition) is 1. The number of nitrogens with one attached hydrogen (secondary N) is 1. The zero-order valence-electron chi connectivity index (χ0n) is 10.5. The van der Waals surface area contributed by atoms with Crippen molar-refractivity contribution in [1.82, 2.24) is 15.3 Å². The van der Waals surface area contributed by atoms with Crippen LogP contribution in [0.4, 0.5) is 5.82 Å². The third-order valence-corrected chi connectivity index (χ3v) is 2.67. The molecule has 0 unspecified atom stereocenters. The van der Waals surface area contributed by atoms with Gasteiger partial charge in [-0.3, -0.25) is 4.79 Å². The van der Waals surface area contributed by atoms with E-state index in [1.807, 2.05) is 20.9 Å². The highest BCUT2D eigenvalue weighted by molar-refractivity contribution is 9.10. The van der Waals surface area contributed by atoms with Crippen LogP contribution >= 0.6 is 15.9 Å². The van der Waals surface area contributed by atoms with E-state index in [2.05, 4.69) is 31.2 Å². The van der Waals surface area contributed by atoms with Crippen LogP contribution in [-0.4, -0.2) is 36.5 Å². The predicted octanol–water partition coefficient (Wildman–Crippen LogP) is 1.54. The summed E-state index contributed by atoms with van der Waals surface area (Å²) in [7, 11) is 3.44. The molecule has 0 aliphatic carbocycles. The molecular formula is C11H17BrN4O. The normalized spacial score (nSPS) is 10.5. The summed E-state index contributed by atoms with van der Waals surface area (Å²) in [5, 5.41) is 2.58. The molecule has 1 amide bonds. The number of nitrogens with zero attached hydrogens (tertiary/aromatic N) is 3. The summed E-state index contributed by atoms with van der Waals surface area (Å²) in [5.41, 5.74) is 0. The predicted molar refractivity (Wildman–Crippen MR) is 71.2 cm³/mol. The molecule has 0 aromatic carbocycles. The van der Waals surface area contributed by atoms with Gasteiger partial charge in [0.2, 0.25) is 5.91 Å². The smallest absolute Gasteiger partial charge is 0.239 e. The number of rotatable bonds is 4. The second-order valence-electron chi connectivity index (χ2n) is 4.09. The number of carbonyl (C=O) groups excluding carboxylic acids is 1. The molecule has 0 saturated carbocycles. The van der Waals surface area contributed by atoms with Crippen LogP contribution in [0.2, 0.25) is 0 Å². The summed E-state index contributed by atoms with van der Waals surface area (Å²) in [6, 6.07) is 1.80. The highest BCUT2D eigenvalue weighted by Crippen LogP contribution is 2.19. The summed E-state index contributed by atoms with van der Waals surface area (Å²) in [6.45, 7) is 4.34. The topological polar surface area (TPSA) is 58.1 Å². The van der Waals surface area contributed by atoms with Gasteiger partial charge in [-0.2, -0.15) is 0 Å². The number of anilines is 1. The van der Waals surface area contributed by atoms with Crippen molar-refractivity contribution in [1.29, 1.82) is 0 Å². The maximum atomic E-state index is 11.3. The molecule has 0 bridgehead atoms. The number of halogens is 1. The van der Waals surface area contributed by atoms with E-state index in [0.29, 0.717) is 0 Å². The lowest BCUT2D eigenvalue weighted by Crippen LogP contribution is -2.33. The Morgan fingerprint density at radius 1 is 1.53 bits per heavy atom. The first-order valence-electron chi connectivity index (χ1n) is 5.40. The van der Waals surface area contributed by atoms with Crippen molar-refractivity contribution in [2.75, 3.05) is 25.5 Å². The number of aromatic nitrogens is 2. The fraction of sp³-hybridized carbons (Fsp3) is 0.545. The van der Waals surface area contributed by atoms with E-state index in [9.17, 15) is 4.79 Å². The van der Waals surface area contributed by atoms with Crippen molar-refractivity contribution in [3.8, 4) is 0 Å². The molecule has 94 valence electrons. The van der Waals surface area contributed by atoms with Crippen LogP contribution in [0.25, 0.3) is 0 Å². The molecule has 17 heavy (non-hydrogen) atoms. The molecule has 0 saturated heterocycles. The van der Waals surface area contributed by atoms with Crippen LogP contribution in [-0.2, 0) is 4.79 Å². The van der Waals surface area contributed by atoms with E-state index >= 15 is 0 Å². The molecule has 1 aromatic heterocycles. The van der Waals surface area contributed by atoms with Crippen LogP contribution in [0, 0.1) is 0 Å². The quantitative estimate of drug-likeness (QED) is 0.857. The van der Waals surface area contributed by atoms with Gasteiger partial charge in [0, 0.05) is 26.1 Å². The second-order valence-corrected chi connectivity index (χ2v) is 4.90. The van der Waals surface area contributed by atoms with Gasteiger partial charge in [0.25, 0.3) is 0 Å². The van der Waals surface area contributed by atoms with Crippen molar-refractivity contribution in [2.45, 2.75) is 19.8 Å². The van der Waals surface area contributed by atoms with Crippen LogP contribution in [0.5, 0.6) is 0 Å². The van der Waals surface area contributed by atoms with Gasteiger partial charge in [-0.25, -0.2) is 9.97 Å². The van der Waals surface area contributed by atoms with E-state index in [1.54, 1.807) is 18.0 Å². The Balaban J connectivity index is 2.93. The monoisotopic (exact) mass is 300 g/mol. The molecule has 1 rings (SSSR count). The minimum absolute atomic E-state index is 0.0478. The highest BCUT2D eigenvalue weighted by atomic mass is 79.9. The maximum absolute atomic E-state index is 11.3. The maximum Gasteiger partial charge on any atom is 0.239 e. The van der Waals surface area contributed by atoms with E-state index < -0.39 is 0 Å². The third-order valence-electron chi connectivity index (χ3n) is 2.27. The van der Waals surface area contributed by atoms with Crippen LogP contribution in [0.1, 0.15) is 25.6 Å². The number of carbonyl (C=O) groups is 1. The van der Waals surface area contributed by atoms with Gasteiger partial charge in [-0.15, -0.1) is 0 Å². The lowest BCUT2D eigenvalue weighted by molar-refractivity contribution is -0.119. The largest absolute Gasteiger partial charge is 0.358 e. The van der Waals surface area contributed by atoms with Gasteiger partial charge in [-0.1, -0.05) is 13.8 Å². The Hall–Kier alpha value is -1.17. The summed E-state index contributed by atoms with van der Waals surface area (Å²) >= 11 is 3.35. The van der Waals surface area contributed by atoms with E-state index in [1.165, 1.54) is 0 Å². The first-order valence-corrected chi connectivity index (χ1v) is 6.19. The van der Waals surface area contributed by atoms with Gasteiger partial charge in [0.1, 0.15) is 16.2 Å². The molecule has 1 aromatic rings. The Morgan fingerprint density at radius 3 is 2.71 bits per heavy atom. The molecule has 6 heteroatoms. The van der Waals surface area contributed by atoms with E-state index in [-0.39, 0.29) is 18.4 Å². The Bertz CT molecular complexity index is 408. The Kier molecular flexibility index (Phi) is 4.86.